The van der Waals surface area contributed by atoms with Crippen LogP contribution in [0.1, 0.15) is 22.8 Å². The van der Waals surface area contributed by atoms with Crippen molar-refractivity contribution in [1.82, 2.24) is 29.5 Å². The van der Waals surface area contributed by atoms with E-state index in [2.05, 4.69) is 41.7 Å². The van der Waals surface area contributed by atoms with Gasteiger partial charge in [-0.1, -0.05) is 30.3 Å². The van der Waals surface area contributed by atoms with Crippen molar-refractivity contribution in [2.45, 2.75) is 27.7 Å². The van der Waals surface area contributed by atoms with E-state index in [1.807, 2.05) is 110 Å². The normalized spacial score (nSPS) is 13.0. The van der Waals surface area contributed by atoms with E-state index in [4.69, 9.17) is 38.4 Å². The molecule has 0 aliphatic carbocycles. The molecule has 4 aromatic carbocycles. The zero-order valence-electron chi connectivity index (χ0n) is 33.6. The van der Waals surface area contributed by atoms with Gasteiger partial charge in [-0.25, -0.2) is 12.1 Å². The number of aryl methyl sites for hydroxylation is 4. The van der Waals surface area contributed by atoms with Crippen LogP contribution < -0.4 is 51.7 Å². The molecule has 9 aromatic rings. The molecular weight excluding hydrogens is 1150 g/mol. The standard InChI is InChI=1S/C48H26B2N6O5.2Pt/c1-25-15-27(3)55(53-25)32-20-36-47(51-22-32)60-42-9-5-7-40-45(42)49(36)34-17-29(11-13-38(34)58-40)31-19-44(57-24-31)30-12-14-39-35(18-30)50-37-21-33(56-28(4)16-26(2)54-56)23-52-48(37)61-43-10-6-8-41(59-39)46(43)50;;/h5-16,22-23H,1-4H3;;/q-6;;. The number of furan rings is 1. The molecule has 0 amide bonds. The van der Waals surface area contributed by atoms with Gasteiger partial charge in [-0.2, -0.15) is 22.3 Å². The predicted molar refractivity (Wildman–Crippen MR) is 227 cm³/mol. The molecule has 5 aromatic heterocycles. The summed E-state index contributed by atoms with van der Waals surface area (Å²) in [5.74, 6) is 5.50. The van der Waals surface area contributed by atoms with Crippen LogP contribution in [-0.4, -0.2) is 43.0 Å². The predicted octanol–water partition coefficient (Wildman–Crippen LogP) is 5.26. The molecule has 0 spiro atoms. The number of fused-ring (bicyclic) bond motifs is 8. The molecule has 4 aliphatic rings. The van der Waals surface area contributed by atoms with E-state index in [0.29, 0.717) is 74.5 Å². The van der Waals surface area contributed by atoms with Crippen LogP contribution in [0, 0.1) is 64.3 Å². The number of aromatic nitrogens is 6. The first-order valence-electron chi connectivity index (χ1n) is 19.8. The molecule has 0 saturated carbocycles. The van der Waals surface area contributed by atoms with E-state index in [9.17, 15) is 0 Å². The van der Waals surface area contributed by atoms with Gasteiger partial charge in [-0.3, -0.25) is 9.36 Å². The second-order valence-electron chi connectivity index (χ2n) is 15.6. The summed E-state index contributed by atoms with van der Waals surface area (Å²) in [4.78, 5) is 9.52. The Morgan fingerprint density at radius 2 is 0.984 bits per heavy atom. The molecule has 0 bridgehead atoms. The first kappa shape index (κ1) is 39.4. The van der Waals surface area contributed by atoms with E-state index < -0.39 is 0 Å². The molecule has 0 fully saturated rings. The Bertz CT molecular complexity index is 3140. The summed E-state index contributed by atoms with van der Waals surface area (Å²) >= 11 is 0. The minimum absolute atomic E-state index is 0. The zero-order valence-corrected chi connectivity index (χ0v) is 38.1. The number of ether oxygens (including phenoxy) is 4. The van der Waals surface area contributed by atoms with Gasteiger partial charge >= 0.3 is 0 Å². The summed E-state index contributed by atoms with van der Waals surface area (Å²) in [6.45, 7) is 7.29. The van der Waals surface area contributed by atoms with Crippen molar-refractivity contribution in [2.24, 2.45) is 0 Å². The molecule has 13 rings (SSSR count). The smallest absolute Gasteiger partial charge is 0.215 e. The van der Waals surface area contributed by atoms with E-state index in [1.54, 1.807) is 12.4 Å². The number of rotatable bonds is 4. The summed E-state index contributed by atoms with van der Waals surface area (Å²) in [7, 11) is 0. The third-order valence-electron chi connectivity index (χ3n) is 11.6. The van der Waals surface area contributed by atoms with Crippen LogP contribution in [-0.2, 0) is 42.1 Å². The number of pyridine rings is 2. The van der Waals surface area contributed by atoms with E-state index in [0.717, 1.165) is 61.1 Å². The average Bonchev–Trinajstić information content (AvgIpc) is 4.00. The molecule has 63 heavy (non-hydrogen) atoms. The first-order valence-corrected chi connectivity index (χ1v) is 19.8. The van der Waals surface area contributed by atoms with Crippen LogP contribution in [0.4, 0.5) is 0 Å². The van der Waals surface area contributed by atoms with Gasteiger partial charge in [0.15, 0.2) is 0 Å². The maximum Gasteiger partial charge on any atom is 0.215 e. The Morgan fingerprint density at radius 1 is 0.508 bits per heavy atom. The van der Waals surface area contributed by atoms with Crippen LogP contribution >= 0.6 is 0 Å². The van der Waals surface area contributed by atoms with Crippen molar-refractivity contribution in [2.75, 3.05) is 0 Å². The number of benzene rings is 4. The molecule has 0 radical (unpaired) electrons. The molecule has 0 unspecified atom stereocenters. The fourth-order valence-electron chi connectivity index (χ4n) is 9.02. The molecule has 4 aliphatic heterocycles. The van der Waals surface area contributed by atoms with Crippen LogP contribution in [0.5, 0.6) is 46.3 Å². The molecule has 0 saturated heterocycles. The summed E-state index contributed by atoms with van der Waals surface area (Å²) < 4.78 is 35.5. The topological polar surface area (TPSA) is 111 Å². The van der Waals surface area contributed by atoms with Crippen LogP contribution in [0.15, 0.2) is 89.6 Å². The molecule has 310 valence electrons. The Hall–Kier alpha value is -6.41. The van der Waals surface area contributed by atoms with Gasteiger partial charge < -0.3 is 50.5 Å². The minimum atomic E-state index is -0.335. The van der Waals surface area contributed by atoms with E-state index in [-0.39, 0.29) is 55.6 Å². The minimum Gasteiger partial charge on any atom is -0.631 e. The monoisotopic (exact) mass is 1180 g/mol. The van der Waals surface area contributed by atoms with Crippen molar-refractivity contribution in [3.8, 4) is 80.1 Å². The Labute approximate surface area is 391 Å². The van der Waals surface area contributed by atoms with Crippen LogP contribution in [0.25, 0.3) is 33.8 Å². The van der Waals surface area contributed by atoms with Crippen molar-refractivity contribution in [1.29, 1.82) is 0 Å². The molecular formula is C48H26B2N6O5Pt2-6. The third-order valence-corrected chi connectivity index (χ3v) is 11.6. The van der Waals surface area contributed by atoms with Crippen molar-refractivity contribution in [3.63, 3.8) is 0 Å². The maximum absolute atomic E-state index is 6.47. The molecule has 15 heteroatoms. The van der Waals surface area contributed by atoms with Crippen LogP contribution in [0.3, 0.4) is 0 Å². The van der Waals surface area contributed by atoms with Crippen molar-refractivity contribution in [3.05, 3.63) is 145 Å². The fraction of sp³-hybridized carbons (Fsp3) is 0.0833. The van der Waals surface area contributed by atoms with Crippen molar-refractivity contribution < 1.29 is 65.5 Å². The maximum atomic E-state index is 6.47. The number of nitrogens with zero attached hydrogens (tertiary/aromatic N) is 6. The van der Waals surface area contributed by atoms with Gasteiger partial charge in [0.2, 0.25) is 13.4 Å². The Kier molecular flexibility index (Phi) is 9.13. The van der Waals surface area contributed by atoms with Crippen LogP contribution in [0.2, 0.25) is 0 Å². The van der Waals surface area contributed by atoms with E-state index in [1.165, 1.54) is 0 Å². The van der Waals surface area contributed by atoms with Crippen molar-refractivity contribution >= 4 is 46.2 Å². The zero-order chi connectivity index (χ0) is 40.7. The molecule has 0 atom stereocenters. The second kappa shape index (κ2) is 14.6. The largest absolute Gasteiger partial charge is 0.631 e. The molecule has 9 heterocycles. The molecule has 0 N–H and O–H groups in total. The quantitative estimate of drug-likeness (QED) is 0.172. The second-order valence-corrected chi connectivity index (χ2v) is 15.6. The number of hydrogen-bond acceptors (Lipinski definition) is 9. The Balaban J connectivity index is 0.00000222. The summed E-state index contributed by atoms with van der Waals surface area (Å²) in [6, 6.07) is 41.3. The van der Waals surface area contributed by atoms with E-state index >= 15 is 0 Å². The average molecular weight is 1180 g/mol. The van der Waals surface area contributed by atoms with Gasteiger partial charge in [0.1, 0.15) is 23.0 Å². The number of hydrogen-bond donors (Lipinski definition) is 0. The first-order chi connectivity index (χ1) is 29.8. The van der Waals surface area contributed by atoms with Gasteiger partial charge in [-0.15, -0.1) is 57.9 Å². The summed E-state index contributed by atoms with van der Waals surface area (Å²) in [5, 5.41) is 9.38. The van der Waals surface area contributed by atoms with Gasteiger partial charge in [0.25, 0.3) is 0 Å². The molecule has 11 nitrogen and oxygen atoms in total. The van der Waals surface area contributed by atoms with Gasteiger partial charge in [-0.05, 0) is 75.5 Å². The van der Waals surface area contributed by atoms with Gasteiger partial charge in [0.05, 0.1) is 23.1 Å². The summed E-state index contributed by atoms with van der Waals surface area (Å²) in [6.07, 6.45) is 6.57. The third kappa shape index (κ3) is 6.04. The Morgan fingerprint density at radius 3 is 1.48 bits per heavy atom. The van der Waals surface area contributed by atoms with Gasteiger partial charge in [0, 0.05) is 75.9 Å². The SMILES string of the molecule is Cc1cc(C)n(-c2[c-]c3c(nc2)Oc2cccc4c2B3c2[c-]c(-c3[c-]oc(-c5[c-]c6c(cc5)Oc5cccc7c5B6c5[c-]c(-n6nc(C)cc6C)cnc5O7)[c-]3)ccc2O4)n1.[Pt].[Pt]. The fourth-order valence-corrected chi connectivity index (χ4v) is 9.02. The summed E-state index contributed by atoms with van der Waals surface area (Å²) in [5.41, 5.74) is 12.1.